The van der Waals surface area contributed by atoms with Gasteiger partial charge in [-0.15, -0.1) is 11.3 Å². The number of carbonyl (C=O) groups excluding carboxylic acids is 2. The van der Waals surface area contributed by atoms with Gasteiger partial charge in [0.1, 0.15) is 18.5 Å². The predicted octanol–water partition coefficient (Wildman–Crippen LogP) is 4.78. The molecule has 1 fully saturated rings. The van der Waals surface area contributed by atoms with Gasteiger partial charge < -0.3 is 14.6 Å². The monoisotopic (exact) mass is 468 g/mol. The number of benzene rings is 2. The largest absolute Gasteiger partial charge is 0.463 e. The van der Waals surface area contributed by atoms with Crippen molar-refractivity contribution in [3.8, 4) is 10.4 Å². The van der Waals surface area contributed by atoms with E-state index in [1.165, 1.54) is 23.9 Å². The van der Waals surface area contributed by atoms with Gasteiger partial charge in [0, 0.05) is 29.5 Å². The van der Waals surface area contributed by atoms with E-state index in [-0.39, 0.29) is 18.8 Å². The van der Waals surface area contributed by atoms with E-state index in [1.54, 1.807) is 23.5 Å². The number of halogens is 1. The molecule has 1 aliphatic rings. The van der Waals surface area contributed by atoms with E-state index in [0.29, 0.717) is 0 Å². The molecule has 7 heteroatoms. The van der Waals surface area contributed by atoms with E-state index in [1.807, 2.05) is 31.2 Å². The summed E-state index contributed by atoms with van der Waals surface area (Å²) in [5.41, 5.74) is 4.09. The van der Waals surface area contributed by atoms with E-state index in [9.17, 15) is 19.1 Å². The summed E-state index contributed by atoms with van der Waals surface area (Å²) in [6, 6.07) is 16.6. The minimum absolute atomic E-state index is 0.158. The molecule has 0 spiro atoms. The molecule has 1 aliphatic heterocycles. The molecular formula is C26H25FO5S. The fourth-order valence-electron chi connectivity index (χ4n) is 3.90. The van der Waals surface area contributed by atoms with Crippen LogP contribution in [0.2, 0.25) is 0 Å². The first kappa shape index (κ1) is 23.3. The number of ketones is 1. The quantitative estimate of drug-likeness (QED) is 0.528. The Morgan fingerprint density at radius 3 is 2.67 bits per heavy atom. The molecule has 0 bridgehead atoms. The van der Waals surface area contributed by atoms with Crippen LogP contribution in [-0.2, 0) is 25.5 Å². The van der Waals surface area contributed by atoms with Crippen LogP contribution in [0.1, 0.15) is 41.0 Å². The number of aryl methyl sites for hydroxylation is 1. The Labute approximate surface area is 195 Å². The standard InChI is InChI=1S/C26H25FO5S/c1-15-3-4-18(23-13-22(29)26(30)24(32-23)14-31-16(2)28)11-19(15)12-21-9-10-25(33-21)17-5-7-20(27)8-6-17/h3-11,22-24,29H,12-14H2,1-2H3/t22-,23-,24-/m1/s1. The number of hydrogen-bond acceptors (Lipinski definition) is 6. The molecule has 33 heavy (non-hydrogen) atoms. The smallest absolute Gasteiger partial charge is 0.302 e. The Morgan fingerprint density at radius 2 is 1.94 bits per heavy atom. The molecule has 0 unspecified atom stereocenters. The molecule has 5 nitrogen and oxygen atoms in total. The van der Waals surface area contributed by atoms with Gasteiger partial charge in [-0.3, -0.25) is 9.59 Å². The minimum atomic E-state index is -1.16. The number of hydrogen-bond donors (Lipinski definition) is 1. The van der Waals surface area contributed by atoms with Crippen LogP contribution in [0.5, 0.6) is 0 Å². The second-order valence-electron chi connectivity index (χ2n) is 8.21. The van der Waals surface area contributed by atoms with Crippen LogP contribution in [0.3, 0.4) is 0 Å². The van der Waals surface area contributed by atoms with Gasteiger partial charge in [0.2, 0.25) is 0 Å². The molecule has 0 saturated carbocycles. The molecule has 3 atom stereocenters. The molecule has 2 heterocycles. The first-order valence-electron chi connectivity index (χ1n) is 10.7. The summed E-state index contributed by atoms with van der Waals surface area (Å²) >= 11 is 1.66. The number of carbonyl (C=O) groups is 2. The Balaban J connectivity index is 1.51. The van der Waals surface area contributed by atoms with Crippen LogP contribution in [0.4, 0.5) is 4.39 Å². The van der Waals surface area contributed by atoms with E-state index in [0.717, 1.165) is 33.6 Å². The summed E-state index contributed by atoms with van der Waals surface area (Å²) in [7, 11) is 0. The number of rotatable bonds is 6. The van der Waals surface area contributed by atoms with Crippen molar-refractivity contribution in [2.45, 2.75) is 45.0 Å². The van der Waals surface area contributed by atoms with Gasteiger partial charge in [0.05, 0.1) is 6.10 Å². The first-order chi connectivity index (χ1) is 15.8. The number of Topliss-reactive ketones (excluding diaryl/α,β-unsaturated/α-hetero) is 1. The molecular weight excluding hydrogens is 443 g/mol. The van der Waals surface area contributed by atoms with Crippen molar-refractivity contribution in [1.82, 2.24) is 0 Å². The summed E-state index contributed by atoms with van der Waals surface area (Å²) in [6.07, 6.45) is -1.74. The van der Waals surface area contributed by atoms with Crippen LogP contribution >= 0.6 is 11.3 Å². The fraction of sp³-hybridized carbons (Fsp3) is 0.308. The number of aliphatic hydroxyl groups excluding tert-OH is 1. The van der Waals surface area contributed by atoms with Crippen molar-refractivity contribution in [1.29, 1.82) is 0 Å². The average molecular weight is 469 g/mol. The van der Waals surface area contributed by atoms with Crippen LogP contribution in [0.25, 0.3) is 10.4 Å². The van der Waals surface area contributed by atoms with Gasteiger partial charge in [-0.05, 0) is 53.4 Å². The van der Waals surface area contributed by atoms with Gasteiger partial charge in [-0.1, -0.05) is 30.3 Å². The lowest BCUT2D eigenvalue weighted by molar-refractivity contribution is -0.168. The molecule has 1 aromatic heterocycles. The van der Waals surface area contributed by atoms with Gasteiger partial charge in [-0.2, -0.15) is 0 Å². The van der Waals surface area contributed by atoms with E-state index in [2.05, 4.69) is 6.07 Å². The maximum absolute atomic E-state index is 13.2. The van der Waals surface area contributed by atoms with E-state index in [4.69, 9.17) is 9.47 Å². The molecule has 0 amide bonds. The van der Waals surface area contributed by atoms with Gasteiger partial charge >= 0.3 is 5.97 Å². The van der Waals surface area contributed by atoms with Crippen LogP contribution < -0.4 is 0 Å². The first-order valence-corrected chi connectivity index (χ1v) is 11.6. The molecule has 2 aromatic carbocycles. The maximum Gasteiger partial charge on any atom is 0.302 e. The zero-order chi connectivity index (χ0) is 23.5. The van der Waals surface area contributed by atoms with Crippen molar-refractivity contribution in [2.24, 2.45) is 0 Å². The highest BCUT2D eigenvalue weighted by atomic mass is 32.1. The van der Waals surface area contributed by atoms with Crippen molar-refractivity contribution in [3.63, 3.8) is 0 Å². The zero-order valence-corrected chi connectivity index (χ0v) is 19.2. The lowest BCUT2D eigenvalue weighted by atomic mass is 9.92. The number of esters is 1. The van der Waals surface area contributed by atoms with Crippen LogP contribution in [-0.4, -0.2) is 35.7 Å². The fourth-order valence-corrected chi connectivity index (χ4v) is 4.93. The Bertz CT molecular complexity index is 1150. The van der Waals surface area contributed by atoms with Crippen LogP contribution in [0, 0.1) is 12.7 Å². The summed E-state index contributed by atoms with van der Waals surface area (Å²) in [5, 5.41) is 10.2. The van der Waals surface area contributed by atoms with Crippen LogP contribution in [0.15, 0.2) is 54.6 Å². The Kier molecular flexibility index (Phi) is 7.02. The SMILES string of the molecule is CC(=O)OC[C@H]1O[C@@H](c2ccc(C)c(Cc3ccc(-c4ccc(F)cc4)s3)c2)C[C@@H](O)C1=O. The molecule has 3 aromatic rings. The molecule has 1 N–H and O–H groups in total. The Hall–Kier alpha value is -2.87. The maximum atomic E-state index is 13.2. The highest BCUT2D eigenvalue weighted by molar-refractivity contribution is 7.15. The van der Waals surface area contributed by atoms with Crippen molar-refractivity contribution in [2.75, 3.05) is 6.61 Å². The summed E-state index contributed by atoms with van der Waals surface area (Å²) < 4.78 is 24.1. The lowest BCUT2D eigenvalue weighted by Crippen LogP contribution is -2.44. The summed E-state index contributed by atoms with van der Waals surface area (Å²) in [5.74, 6) is -1.22. The summed E-state index contributed by atoms with van der Waals surface area (Å²) in [6.45, 7) is 3.10. The third kappa shape index (κ3) is 5.55. The highest BCUT2D eigenvalue weighted by Gasteiger charge is 2.37. The molecule has 0 aliphatic carbocycles. The van der Waals surface area contributed by atoms with Gasteiger partial charge in [0.15, 0.2) is 11.9 Å². The van der Waals surface area contributed by atoms with Crippen molar-refractivity contribution >= 4 is 23.1 Å². The predicted molar refractivity (Wildman–Crippen MR) is 124 cm³/mol. The topological polar surface area (TPSA) is 72.8 Å². The second-order valence-corrected chi connectivity index (χ2v) is 9.37. The highest BCUT2D eigenvalue weighted by Crippen LogP contribution is 2.33. The number of thiophene rings is 1. The van der Waals surface area contributed by atoms with E-state index >= 15 is 0 Å². The Morgan fingerprint density at radius 1 is 1.18 bits per heavy atom. The lowest BCUT2D eigenvalue weighted by Gasteiger charge is -2.32. The number of ether oxygens (including phenoxy) is 2. The average Bonchev–Trinajstić information content (AvgIpc) is 3.25. The minimum Gasteiger partial charge on any atom is -0.463 e. The number of aliphatic hydroxyl groups is 1. The molecule has 4 rings (SSSR count). The molecule has 0 radical (unpaired) electrons. The molecule has 172 valence electrons. The summed E-state index contributed by atoms with van der Waals surface area (Å²) in [4.78, 5) is 25.6. The van der Waals surface area contributed by atoms with Crippen molar-refractivity contribution < 1.29 is 28.6 Å². The van der Waals surface area contributed by atoms with E-state index < -0.39 is 30.1 Å². The third-order valence-electron chi connectivity index (χ3n) is 5.75. The van der Waals surface area contributed by atoms with Gasteiger partial charge in [-0.25, -0.2) is 4.39 Å². The van der Waals surface area contributed by atoms with Crippen molar-refractivity contribution in [3.05, 3.63) is 82.0 Å². The normalized spacial score (nSPS) is 20.6. The third-order valence-corrected chi connectivity index (χ3v) is 6.88. The second kappa shape index (κ2) is 9.95. The zero-order valence-electron chi connectivity index (χ0n) is 18.4. The molecule has 1 saturated heterocycles. The van der Waals surface area contributed by atoms with Gasteiger partial charge in [0.25, 0.3) is 0 Å².